The lowest BCUT2D eigenvalue weighted by Gasteiger charge is -2.30. The number of nitrogens with zero attached hydrogens (tertiary/aromatic N) is 1. The number of fused-ring (bicyclic) bond motifs is 1. The van der Waals surface area contributed by atoms with Crippen molar-refractivity contribution in [2.45, 2.75) is 38.6 Å². The summed E-state index contributed by atoms with van der Waals surface area (Å²) in [7, 11) is 0. The number of halogens is 1. The average Bonchev–Trinajstić information content (AvgIpc) is 2.78. The van der Waals surface area contributed by atoms with Crippen LogP contribution in [0.4, 0.5) is 20.6 Å². The Morgan fingerprint density at radius 1 is 1.23 bits per heavy atom. The van der Waals surface area contributed by atoms with Crippen LogP contribution in [0.25, 0.3) is 0 Å². The third-order valence-electron chi connectivity index (χ3n) is 5.81. The average molecular weight is 413 g/mol. The number of aliphatic hydroxyl groups excluding tert-OH is 1. The fourth-order valence-corrected chi connectivity index (χ4v) is 4.17. The molecule has 30 heavy (non-hydrogen) atoms. The van der Waals surface area contributed by atoms with Crippen molar-refractivity contribution in [2.24, 2.45) is 0 Å². The number of aliphatic hydroxyl groups is 1. The number of alkyl halides is 1. The minimum Gasteiger partial charge on any atom is -0.393 e. The molecule has 2 aromatic rings. The molecule has 160 valence electrons. The van der Waals surface area contributed by atoms with Crippen LogP contribution in [-0.2, 0) is 30.8 Å². The van der Waals surface area contributed by atoms with Gasteiger partial charge in [-0.2, -0.15) is 0 Å². The van der Waals surface area contributed by atoms with E-state index in [1.807, 2.05) is 30.3 Å². The van der Waals surface area contributed by atoms with Gasteiger partial charge in [0.15, 0.2) is 0 Å². The summed E-state index contributed by atoms with van der Waals surface area (Å²) < 4.78 is 18.8. The van der Waals surface area contributed by atoms with Gasteiger partial charge in [-0.1, -0.05) is 24.3 Å². The van der Waals surface area contributed by atoms with Crippen LogP contribution in [0.2, 0.25) is 0 Å². The van der Waals surface area contributed by atoms with Crippen molar-refractivity contribution in [1.29, 1.82) is 0 Å². The summed E-state index contributed by atoms with van der Waals surface area (Å²) >= 11 is 0. The molecule has 0 aromatic heterocycles. The molecule has 1 saturated heterocycles. The van der Waals surface area contributed by atoms with E-state index in [4.69, 9.17) is 4.74 Å². The van der Waals surface area contributed by atoms with Crippen LogP contribution in [0.5, 0.6) is 0 Å². The first kappa shape index (κ1) is 20.6. The number of benzene rings is 2. The first-order chi connectivity index (χ1) is 14.6. The molecule has 0 saturated carbocycles. The summed E-state index contributed by atoms with van der Waals surface area (Å²) in [6.07, 6.45) is 1.76. The van der Waals surface area contributed by atoms with E-state index in [9.17, 15) is 14.3 Å². The molecule has 0 radical (unpaired) electrons. The number of nitrogens with one attached hydrogen (secondary N) is 2. The van der Waals surface area contributed by atoms with Crippen molar-refractivity contribution in [1.82, 2.24) is 5.32 Å². The van der Waals surface area contributed by atoms with Gasteiger partial charge in [0.2, 0.25) is 0 Å². The second-order valence-corrected chi connectivity index (χ2v) is 7.84. The molecule has 0 spiro atoms. The van der Waals surface area contributed by atoms with E-state index >= 15 is 0 Å². The minimum absolute atomic E-state index is 0.300. The Morgan fingerprint density at radius 3 is 2.87 bits per heavy atom. The lowest BCUT2D eigenvalue weighted by Crippen LogP contribution is -2.37. The summed E-state index contributed by atoms with van der Waals surface area (Å²) in [4.78, 5) is 14.6. The molecule has 3 N–H and O–H groups in total. The van der Waals surface area contributed by atoms with Gasteiger partial charge < -0.3 is 25.4 Å². The van der Waals surface area contributed by atoms with Crippen LogP contribution < -0.4 is 15.5 Å². The Kier molecular flexibility index (Phi) is 6.50. The summed E-state index contributed by atoms with van der Waals surface area (Å²) in [5, 5.41) is 15.8. The van der Waals surface area contributed by atoms with Gasteiger partial charge in [-0.05, 0) is 41.7 Å². The fourth-order valence-electron chi connectivity index (χ4n) is 4.17. The molecule has 2 amide bonds. The maximum Gasteiger partial charge on any atom is 0.319 e. The second-order valence-electron chi connectivity index (χ2n) is 7.84. The fraction of sp³-hybridized carbons (Fsp3) is 0.435. The van der Waals surface area contributed by atoms with Crippen molar-refractivity contribution in [2.75, 3.05) is 36.5 Å². The first-order valence-corrected chi connectivity index (χ1v) is 10.5. The lowest BCUT2D eigenvalue weighted by atomic mass is 9.88. The Labute approximate surface area is 176 Å². The predicted octanol–water partition coefficient (Wildman–Crippen LogP) is 3.16. The van der Waals surface area contributed by atoms with Gasteiger partial charge in [0.05, 0.1) is 19.3 Å². The van der Waals surface area contributed by atoms with Gasteiger partial charge in [0.25, 0.3) is 0 Å². The molecular weight excluding hydrogens is 385 g/mol. The first-order valence-electron chi connectivity index (χ1n) is 10.5. The van der Waals surface area contributed by atoms with Crippen molar-refractivity contribution in [3.63, 3.8) is 0 Å². The zero-order chi connectivity index (χ0) is 20.9. The highest BCUT2D eigenvalue weighted by Crippen LogP contribution is 2.28. The highest BCUT2D eigenvalue weighted by molar-refractivity contribution is 5.90. The van der Waals surface area contributed by atoms with Crippen LogP contribution in [0.3, 0.4) is 0 Å². The van der Waals surface area contributed by atoms with Crippen LogP contribution in [0.15, 0.2) is 36.4 Å². The lowest BCUT2D eigenvalue weighted by molar-refractivity contribution is 0.122. The highest BCUT2D eigenvalue weighted by Gasteiger charge is 2.20. The predicted molar refractivity (Wildman–Crippen MR) is 115 cm³/mol. The Bertz CT molecular complexity index is 899. The van der Waals surface area contributed by atoms with E-state index in [0.29, 0.717) is 31.7 Å². The largest absolute Gasteiger partial charge is 0.393 e. The van der Waals surface area contributed by atoms with Crippen LogP contribution >= 0.6 is 0 Å². The number of amides is 2. The molecule has 2 aliphatic rings. The number of aryl methyl sites for hydroxylation is 1. The Morgan fingerprint density at radius 2 is 2.07 bits per heavy atom. The van der Waals surface area contributed by atoms with E-state index < -0.39 is 6.67 Å². The quantitative estimate of drug-likeness (QED) is 0.704. The molecule has 1 atom stereocenters. The Balaban J connectivity index is 1.41. The topological polar surface area (TPSA) is 73.8 Å². The molecule has 7 heteroatoms. The highest BCUT2D eigenvalue weighted by atomic mass is 19.1. The zero-order valence-corrected chi connectivity index (χ0v) is 17.0. The normalized spacial score (nSPS) is 18.6. The van der Waals surface area contributed by atoms with E-state index in [0.717, 1.165) is 48.4 Å². The van der Waals surface area contributed by atoms with Crippen molar-refractivity contribution in [3.8, 4) is 0 Å². The molecule has 1 aliphatic heterocycles. The third-order valence-corrected chi connectivity index (χ3v) is 5.81. The smallest absolute Gasteiger partial charge is 0.319 e. The molecule has 6 nitrogen and oxygen atoms in total. The minimum atomic E-state index is -0.522. The van der Waals surface area contributed by atoms with E-state index in [-0.39, 0.29) is 12.1 Å². The van der Waals surface area contributed by atoms with Crippen LogP contribution in [-0.4, -0.2) is 43.5 Å². The number of hydrogen-bond acceptors (Lipinski definition) is 4. The van der Waals surface area contributed by atoms with Crippen molar-refractivity contribution >= 4 is 17.4 Å². The maximum atomic E-state index is 13.4. The third kappa shape index (κ3) is 4.74. The van der Waals surface area contributed by atoms with Gasteiger partial charge in [0.1, 0.15) is 6.67 Å². The summed E-state index contributed by atoms with van der Waals surface area (Å²) in [5.74, 6) is 0. The van der Waals surface area contributed by atoms with Gasteiger partial charge in [-0.25, -0.2) is 9.18 Å². The number of urea groups is 1. The number of hydrogen-bond donors (Lipinski definition) is 3. The number of morpholine rings is 1. The summed E-state index contributed by atoms with van der Waals surface area (Å²) in [6.45, 7) is 2.54. The van der Waals surface area contributed by atoms with Gasteiger partial charge >= 0.3 is 6.03 Å². The summed E-state index contributed by atoms with van der Waals surface area (Å²) in [6, 6.07) is 11.1. The van der Waals surface area contributed by atoms with Crippen LogP contribution in [0.1, 0.15) is 28.7 Å². The molecule has 0 unspecified atom stereocenters. The molecule has 4 rings (SSSR count). The molecule has 1 aliphatic carbocycles. The van der Waals surface area contributed by atoms with E-state index in [1.165, 1.54) is 5.56 Å². The van der Waals surface area contributed by atoms with Gasteiger partial charge in [-0.15, -0.1) is 0 Å². The van der Waals surface area contributed by atoms with Gasteiger partial charge in [-0.3, -0.25) is 0 Å². The van der Waals surface area contributed by atoms with Crippen molar-refractivity contribution < 1.29 is 19.0 Å². The van der Waals surface area contributed by atoms with Crippen molar-refractivity contribution in [3.05, 3.63) is 58.7 Å². The number of carbonyl (C=O) groups is 1. The zero-order valence-electron chi connectivity index (χ0n) is 17.0. The molecule has 0 bridgehead atoms. The molecule has 2 aromatic carbocycles. The molecule has 1 heterocycles. The number of carbonyl (C=O) groups excluding carboxylic acids is 1. The van der Waals surface area contributed by atoms with Crippen LogP contribution in [0, 0.1) is 0 Å². The van der Waals surface area contributed by atoms with E-state index in [2.05, 4.69) is 15.5 Å². The standard InChI is InChI=1S/C23H28FN3O3/c24-14-18-5-4-16(12-22(18)27-8-10-30-11-9-27)15-25-23(29)26-21-3-1-2-17-6-7-19(28)13-20(17)21/h1-5,12,19,28H,6-11,13-15H2,(H2,25,26,29)/t19-/m1/s1. The number of ether oxygens (including phenoxy) is 1. The number of rotatable bonds is 5. The number of anilines is 2. The summed E-state index contributed by atoms with van der Waals surface area (Å²) in [5.41, 5.74) is 5.36. The molecule has 1 fully saturated rings. The Hall–Kier alpha value is -2.64. The molecular formula is C23H28FN3O3. The van der Waals surface area contributed by atoms with Gasteiger partial charge in [0, 0.05) is 43.0 Å². The van der Waals surface area contributed by atoms with E-state index in [1.54, 1.807) is 6.07 Å². The maximum absolute atomic E-state index is 13.4. The second kappa shape index (κ2) is 9.45. The SMILES string of the molecule is O=C(NCc1ccc(CF)c(N2CCOCC2)c1)Nc1cccc2c1C[C@H](O)CC2. The monoisotopic (exact) mass is 413 g/mol.